The molecule has 1 unspecified atom stereocenters. The summed E-state index contributed by atoms with van der Waals surface area (Å²) in [4.78, 5) is 13.1. The van der Waals surface area contributed by atoms with E-state index in [9.17, 15) is 21.5 Å². The summed E-state index contributed by atoms with van der Waals surface area (Å²) in [5, 5.41) is 0. The van der Waals surface area contributed by atoms with E-state index >= 15 is 0 Å². The second kappa shape index (κ2) is 5.97. The molecule has 1 aliphatic rings. The molecule has 1 aromatic rings. The van der Waals surface area contributed by atoms with E-state index < -0.39 is 27.7 Å². The monoisotopic (exact) mass is 319 g/mol. The Labute approximate surface area is 121 Å². The van der Waals surface area contributed by atoms with Gasteiger partial charge < -0.3 is 9.64 Å². The van der Waals surface area contributed by atoms with E-state index in [1.165, 1.54) is 24.1 Å². The van der Waals surface area contributed by atoms with E-state index in [4.69, 9.17) is 4.74 Å². The van der Waals surface area contributed by atoms with Crippen LogP contribution in [-0.2, 0) is 21.6 Å². The molecule has 1 heterocycles. The number of likely N-dealkylation sites (tertiary alicyclic amines) is 1. The standard InChI is InChI=1S/C13H15F2NO4S/c1-20-12-4-2-3-11(14)10(12)7-16-6-9(5-13(16)17)8-21(15,18)19/h2-4,9H,5-8H2,1H3. The lowest BCUT2D eigenvalue weighted by Crippen LogP contribution is -2.26. The van der Waals surface area contributed by atoms with Crippen LogP contribution in [0.3, 0.4) is 0 Å². The average Bonchev–Trinajstić information content (AvgIpc) is 2.69. The summed E-state index contributed by atoms with van der Waals surface area (Å²) < 4.78 is 52.8. The van der Waals surface area contributed by atoms with Crippen molar-refractivity contribution in [3.05, 3.63) is 29.6 Å². The van der Waals surface area contributed by atoms with Gasteiger partial charge in [-0.1, -0.05) is 6.07 Å². The highest BCUT2D eigenvalue weighted by Gasteiger charge is 2.33. The van der Waals surface area contributed by atoms with E-state index in [-0.39, 0.29) is 31.0 Å². The Kier molecular flexibility index (Phi) is 4.46. The van der Waals surface area contributed by atoms with Gasteiger partial charge in [-0.2, -0.15) is 8.42 Å². The van der Waals surface area contributed by atoms with Crippen LogP contribution in [0.25, 0.3) is 0 Å². The highest BCUT2D eigenvalue weighted by molar-refractivity contribution is 7.86. The van der Waals surface area contributed by atoms with Crippen LogP contribution >= 0.6 is 0 Å². The van der Waals surface area contributed by atoms with Crippen LogP contribution in [-0.4, -0.2) is 38.6 Å². The predicted molar refractivity (Wildman–Crippen MR) is 71.4 cm³/mol. The Morgan fingerprint density at radius 1 is 1.43 bits per heavy atom. The number of halogens is 2. The predicted octanol–water partition coefficient (Wildman–Crippen LogP) is 1.48. The molecule has 0 bridgehead atoms. The van der Waals surface area contributed by atoms with E-state index in [1.54, 1.807) is 6.07 Å². The number of nitrogens with zero attached hydrogens (tertiary/aromatic N) is 1. The first-order chi connectivity index (χ1) is 9.80. The molecule has 0 saturated carbocycles. The molecule has 1 aromatic carbocycles. The molecular formula is C13H15F2NO4S. The molecule has 0 radical (unpaired) electrons. The fraction of sp³-hybridized carbons (Fsp3) is 0.462. The van der Waals surface area contributed by atoms with Crippen molar-refractivity contribution in [2.24, 2.45) is 5.92 Å². The first kappa shape index (κ1) is 15.7. The molecule has 8 heteroatoms. The lowest BCUT2D eigenvalue weighted by atomic mass is 10.1. The Morgan fingerprint density at radius 3 is 2.76 bits per heavy atom. The number of carbonyl (C=O) groups excluding carboxylic acids is 1. The summed E-state index contributed by atoms with van der Waals surface area (Å²) in [5.74, 6) is -1.82. The normalized spacial score (nSPS) is 19.1. The molecule has 1 saturated heterocycles. The summed E-state index contributed by atoms with van der Waals surface area (Å²) in [5.41, 5.74) is 0.220. The van der Waals surface area contributed by atoms with Gasteiger partial charge in [-0.15, -0.1) is 3.89 Å². The van der Waals surface area contributed by atoms with Crippen molar-refractivity contribution < 1.29 is 26.2 Å². The zero-order chi connectivity index (χ0) is 15.6. The van der Waals surface area contributed by atoms with Crippen LogP contribution in [0.2, 0.25) is 0 Å². The number of methoxy groups -OCH3 is 1. The highest BCUT2D eigenvalue weighted by atomic mass is 32.3. The number of carbonyl (C=O) groups is 1. The van der Waals surface area contributed by atoms with E-state index in [0.717, 1.165) is 0 Å². The van der Waals surface area contributed by atoms with Gasteiger partial charge >= 0.3 is 10.2 Å². The summed E-state index contributed by atoms with van der Waals surface area (Å²) in [7, 11) is -3.23. The maximum absolute atomic E-state index is 13.8. The van der Waals surface area contributed by atoms with Gasteiger partial charge in [-0.3, -0.25) is 4.79 Å². The quantitative estimate of drug-likeness (QED) is 0.771. The van der Waals surface area contributed by atoms with Crippen LogP contribution in [0.5, 0.6) is 5.75 Å². The fourth-order valence-electron chi connectivity index (χ4n) is 2.47. The van der Waals surface area contributed by atoms with Gasteiger partial charge in [-0.05, 0) is 12.1 Å². The topological polar surface area (TPSA) is 63.7 Å². The van der Waals surface area contributed by atoms with E-state index in [0.29, 0.717) is 5.75 Å². The van der Waals surface area contributed by atoms with Crippen LogP contribution in [0.15, 0.2) is 18.2 Å². The summed E-state index contributed by atoms with van der Waals surface area (Å²) in [6, 6.07) is 4.31. The fourth-order valence-corrected chi connectivity index (χ4v) is 3.26. The Bertz CT molecular complexity index is 648. The largest absolute Gasteiger partial charge is 0.496 e. The van der Waals surface area contributed by atoms with Gasteiger partial charge in [0.1, 0.15) is 11.6 Å². The summed E-state index contributed by atoms with van der Waals surface area (Å²) >= 11 is 0. The van der Waals surface area contributed by atoms with Gasteiger partial charge in [0, 0.05) is 24.4 Å². The molecule has 1 atom stereocenters. The molecule has 0 aromatic heterocycles. The second-order valence-corrected chi connectivity index (χ2v) is 6.38. The number of hydrogen-bond donors (Lipinski definition) is 0. The molecule has 116 valence electrons. The maximum atomic E-state index is 13.8. The molecule has 0 aliphatic carbocycles. The molecule has 5 nitrogen and oxygen atoms in total. The molecular weight excluding hydrogens is 304 g/mol. The lowest BCUT2D eigenvalue weighted by Gasteiger charge is -2.18. The minimum atomic E-state index is -4.63. The van der Waals surface area contributed by atoms with E-state index in [2.05, 4.69) is 0 Å². The average molecular weight is 319 g/mol. The number of rotatable bonds is 5. The molecule has 1 aliphatic heterocycles. The SMILES string of the molecule is COc1cccc(F)c1CN1CC(CS(=O)(=O)F)CC1=O. The van der Waals surface area contributed by atoms with Crippen molar-refractivity contribution in [2.45, 2.75) is 13.0 Å². The van der Waals surface area contributed by atoms with Gasteiger partial charge in [-0.25, -0.2) is 4.39 Å². The Hall–Kier alpha value is -1.70. The molecule has 2 rings (SSSR count). The number of hydrogen-bond acceptors (Lipinski definition) is 4. The van der Waals surface area contributed by atoms with Gasteiger partial charge in [0.2, 0.25) is 5.91 Å². The van der Waals surface area contributed by atoms with Crippen molar-refractivity contribution in [1.82, 2.24) is 4.90 Å². The zero-order valence-electron chi connectivity index (χ0n) is 11.4. The van der Waals surface area contributed by atoms with E-state index in [1.807, 2.05) is 0 Å². The van der Waals surface area contributed by atoms with Gasteiger partial charge in [0.25, 0.3) is 0 Å². The van der Waals surface area contributed by atoms with Crippen LogP contribution in [0.1, 0.15) is 12.0 Å². The number of ether oxygens (including phenoxy) is 1. The minimum absolute atomic E-state index is 0.0302. The Balaban J connectivity index is 2.12. The first-order valence-electron chi connectivity index (χ1n) is 6.31. The van der Waals surface area contributed by atoms with Crippen molar-refractivity contribution >= 4 is 16.1 Å². The Morgan fingerprint density at radius 2 is 2.14 bits per heavy atom. The maximum Gasteiger partial charge on any atom is 0.302 e. The zero-order valence-corrected chi connectivity index (χ0v) is 12.2. The minimum Gasteiger partial charge on any atom is -0.496 e. The number of benzene rings is 1. The molecule has 0 spiro atoms. The smallest absolute Gasteiger partial charge is 0.302 e. The van der Waals surface area contributed by atoms with Gasteiger partial charge in [0.15, 0.2) is 0 Å². The van der Waals surface area contributed by atoms with Crippen molar-refractivity contribution in [1.29, 1.82) is 0 Å². The molecule has 0 N–H and O–H groups in total. The summed E-state index contributed by atoms with van der Waals surface area (Å²) in [6.45, 7) is 0.0526. The van der Waals surface area contributed by atoms with Crippen molar-refractivity contribution in [3.8, 4) is 5.75 Å². The van der Waals surface area contributed by atoms with Crippen LogP contribution < -0.4 is 4.74 Å². The molecule has 1 amide bonds. The van der Waals surface area contributed by atoms with Gasteiger partial charge in [0.05, 0.1) is 19.4 Å². The van der Waals surface area contributed by atoms with Crippen molar-refractivity contribution in [3.63, 3.8) is 0 Å². The third-order valence-electron chi connectivity index (χ3n) is 3.37. The first-order valence-corrected chi connectivity index (χ1v) is 7.87. The summed E-state index contributed by atoms with van der Waals surface area (Å²) in [6.07, 6.45) is -0.0556. The molecule has 1 fully saturated rings. The lowest BCUT2D eigenvalue weighted by molar-refractivity contribution is -0.128. The van der Waals surface area contributed by atoms with Crippen LogP contribution in [0.4, 0.5) is 8.28 Å². The highest BCUT2D eigenvalue weighted by Crippen LogP contribution is 2.27. The third-order valence-corrected chi connectivity index (χ3v) is 4.24. The van der Waals surface area contributed by atoms with Crippen LogP contribution in [0, 0.1) is 11.7 Å². The third kappa shape index (κ3) is 3.90. The number of amides is 1. The second-order valence-electron chi connectivity index (χ2n) is 4.97. The van der Waals surface area contributed by atoms with Crippen molar-refractivity contribution in [2.75, 3.05) is 19.4 Å². The molecule has 21 heavy (non-hydrogen) atoms.